The summed E-state index contributed by atoms with van der Waals surface area (Å²) >= 11 is 0. The van der Waals surface area contributed by atoms with E-state index in [9.17, 15) is 14.4 Å². The lowest BCUT2D eigenvalue weighted by Gasteiger charge is -2.18. The molecule has 0 spiro atoms. The van der Waals surface area contributed by atoms with E-state index in [4.69, 9.17) is 14.2 Å². The molecule has 0 saturated heterocycles. The number of rotatable bonds is 47. The van der Waals surface area contributed by atoms with Gasteiger partial charge in [-0.15, -0.1) is 0 Å². The zero-order chi connectivity index (χ0) is 50.0. The highest BCUT2D eigenvalue weighted by molar-refractivity contribution is 5.71. The van der Waals surface area contributed by atoms with Crippen molar-refractivity contribution in [3.8, 4) is 0 Å². The SMILES string of the molecule is CC\C=C/C=C\C=C/C=C\C=C/CCCCCC(=O)OCC(COC(=O)CCCCC/C=C\C/C=C\C/C=C\C/C=C\C/C=C\CC)OC(=O)CCCCCCCCC/C=C\C/C=C\CCCCC. The fraction of sp³-hybridized carbons (Fsp3) is 0.571. The summed E-state index contributed by atoms with van der Waals surface area (Å²) in [6.45, 7) is 6.27. The molecule has 0 rings (SSSR count). The van der Waals surface area contributed by atoms with Crippen molar-refractivity contribution >= 4 is 17.9 Å². The van der Waals surface area contributed by atoms with Crippen LogP contribution in [0.4, 0.5) is 0 Å². The van der Waals surface area contributed by atoms with Crippen molar-refractivity contribution in [1.82, 2.24) is 0 Å². The molecule has 1 atom stereocenters. The molecule has 69 heavy (non-hydrogen) atoms. The van der Waals surface area contributed by atoms with Crippen LogP contribution >= 0.6 is 0 Å². The Morgan fingerprint density at radius 3 is 1.07 bits per heavy atom. The van der Waals surface area contributed by atoms with Gasteiger partial charge >= 0.3 is 17.9 Å². The Balaban J connectivity index is 4.56. The van der Waals surface area contributed by atoms with Crippen LogP contribution < -0.4 is 0 Å². The summed E-state index contributed by atoms with van der Waals surface area (Å²) in [6, 6.07) is 0. The van der Waals surface area contributed by atoms with Crippen molar-refractivity contribution in [1.29, 1.82) is 0 Å². The molecule has 0 aromatic carbocycles. The number of ether oxygens (including phenoxy) is 3. The minimum absolute atomic E-state index is 0.119. The van der Waals surface area contributed by atoms with Gasteiger partial charge in [-0.3, -0.25) is 14.4 Å². The highest BCUT2D eigenvalue weighted by Crippen LogP contribution is 2.13. The fourth-order valence-corrected chi connectivity index (χ4v) is 6.87. The van der Waals surface area contributed by atoms with Gasteiger partial charge in [-0.1, -0.05) is 224 Å². The largest absolute Gasteiger partial charge is 0.462 e. The van der Waals surface area contributed by atoms with Gasteiger partial charge in [-0.2, -0.15) is 0 Å². The second kappa shape index (κ2) is 55.9. The number of carbonyl (C=O) groups excluding carboxylic acids is 3. The maximum atomic E-state index is 12.8. The third-order valence-corrected chi connectivity index (χ3v) is 10.9. The van der Waals surface area contributed by atoms with Gasteiger partial charge in [0.15, 0.2) is 6.10 Å². The van der Waals surface area contributed by atoms with E-state index in [2.05, 4.69) is 118 Å². The molecule has 0 saturated carbocycles. The molecule has 1 unspecified atom stereocenters. The van der Waals surface area contributed by atoms with Crippen LogP contribution in [0.15, 0.2) is 146 Å². The van der Waals surface area contributed by atoms with E-state index in [0.29, 0.717) is 19.3 Å². The summed E-state index contributed by atoms with van der Waals surface area (Å²) in [6.07, 6.45) is 79.7. The number of hydrogen-bond donors (Lipinski definition) is 0. The first-order valence-corrected chi connectivity index (χ1v) is 27.4. The molecule has 386 valence electrons. The van der Waals surface area contributed by atoms with E-state index < -0.39 is 6.10 Å². The maximum absolute atomic E-state index is 12.8. The quantitative estimate of drug-likeness (QED) is 0.0199. The lowest BCUT2D eigenvalue weighted by molar-refractivity contribution is -0.167. The van der Waals surface area contributed by atoms with E-state index in [0.717, 1.165) is 122 Å². The summed E-state index contributed by atoms with van der Waals surface area (Å²) in [4.78, 5) is 38.1. The van der Waals surface area contributed by atoms with Gasteiger partial charge in [0.2, 0.25) is 0 Å². The number of allylic oxidation sites excluding steroid dienone is 24. The summed E-state index contributed by atoms with van der Waals surface area (Å²) in [7, 11) is 0. The molecular weight excluding hydrogens is 853 g/mol. The van der Waals surface area contributed by atoms with E-state index in [-0.39, 0.29) is 31.1 Å². The number of hydrogen-bond acceptors (Lipinski definition) is 6. The third kappa shape index (κ3) is 54.1. The van der Waals surface area contributed by atoms with Crippen molar-refractivity contribution < 1.29 is 28.6 Å². The Labute approximate surface area is 423 Å². The molecule has 0 aliphatic carbocycles. The Morgan fingerprint density at radius 2 is 0.638 bits per heavy atom. The summed E-state index contributed by atoms with van der Waals surface area (Å²) in [5.41, 5.74) is 0. The van der Waals surface area contributed by atoms with Gasteiger partial charge in [0.05, 0.1) is 0 Å². The Kier molecular flexibility index (Phi) is 52.1. The minimum Gasteiger partial charge on any atom is -0.462 e. The average Bonchev–Trinajstić information content (AvgIpc) is 3.35. The Morgan fingerprint density at radius 1 is 0.319 bits per heavy atom. The van der Waals surface area contributed by atoms with Gasteiger partial charge < -0.3 is 14.2 Å². The smallest absolute Gasteiger partial charge is 0.306 e. The number of carbonyl (C=O) groups is 3. The molecule has 6 nitrogen and oxygen atoms in total. The van der Waals surface area contributed by atoms with Crippen molar-refractivity contribution in [2.24, 2.45) is 0 Å². The molecule has 0 aliphatic rings. The summed E-state index contributed by atoms with van der Waals surface area (Å²) in [5, 5.41) is 0. The third-order valence-electron chi connectivity index (χ3n) is 10.9. The maximum Gasteiger partial charge on any atom is 0.306 e. The highest BCUT2D eigenvalue weighted by Gasteiger charge is 2.19. The first-order valence-electron chi connectivity index (χ1n) is 27.4. The van der Waals surface area contributed by atoms with E-state index in [1.807, 2.05) is 48.6 Å². The Bertz CT molecular complexity index is 1560. The summed E-state index contributed by atoms with van der Waals surface area (Å²) < 4.78 is 16.8. The molecule has 0 N–H and O–H groups in total. The molecule has 0 amide bonds. The van der Waals surface area contributed by atoms with Gasteiger partial charge in [0.1, 0.15) is 13.2 Å². The van der Waals surface area contributed by atoms with Gasteiger partial charge in [0, 0.05) is 19.3 Å². The summed E-state index contributed by atoms with van der Waals surface area (Å²) in [5.74, 6) is -1.01. The second-order valence-electron chi connectivity index (χ2n) is 17.5. The number of unbranched alkanes of at least 4 members (excludes halogenated alkanes) is 16. The van der Waals surface area contributed by atoms with E-state index in [1.54, 1.807) is 0 Å². The normalized spacial score (nSPS) is 13.3. The van der Waals surface area contributed by atoms with Crippen molar-refractivity contribution in [2.75, 3.05) is 13.2 Å². The minimum atomic E-state index is -0.821. The molecular formula is C63H98O6. The molecule has 0 heterocycles. The lowest BCUT2D eigenvalue weighted by atomic mass is 10.1. The molecule has 0 radical (unpaired) electrons. The predicted molar refractivity (Wildman–Crippen MR) is 297 cm³/mol. The van der Waals surface area contributed by atoms with Crippen LogP contribution in [-0.4, -0.2) is 37.2 Å². The van der Waals surface area contributed by atoms with Crippen LogP contribution in [-0.2, 0) is 28.6 Å². The molecule has 0 aliphatic heterocycles. The Hall–Kier alpha value is -4.71. The lowest BCUT2D eigenvalue weighted by Crippen LogP contribution is -2.30. The van der Waals surface area contributed by atoms with Crippen LogP contribution in [0.2, 0.25) is 0 Å². The standard InChI is InChI=1S/C63H98O6/c1-4-7-10-13-16-19-22-25-28-30-31-33-35-38-41-44-47-50-53-56-62(65)68-59-60(58-67-61(64)55-52-49-46-43-40-37-34-27-24-21-18-15-12-9-6-3)69-63(66)57-54-51-48-45-42-39-36-32-29-26-23-20-17-14-11-8-5-2/h7,9-10,12,15-21,24-29,31,33-34,37-38,40-41,60H,4-6,8,11,13-14,22-23,30,32,35-36,39,42-59H2,1-3H3/b10-7-,12-9-,18-15-,19-16-,20-17-,24-21-,28-25-,29-26-,33-31-,34-27-,40-37-,41-38-. The van der Waals surface area contributed by atoms with Crippen LogP contribution in [0.5, 0.6) is 0 Å². The van der Waals surface area contributed by atoms with E-state index in [1.165, 1.54) is 51.4 Å². The van der Waals surface area contributed by atoms with Gasteiger partial charge in [-0.25, -0.2) is 0 Å². The zero-order valence-corrected chi connectivity index (χ0v) is 44.0. The zero-order valence-electron chi connectivity index (χ0n) is 44.0. The fourth-order valence-electron chi connectivity index (χ4n) is 6.87. The van der Waals surface area contributed by atoms with Crippen molar-refractivity contribution in [3.63, 3.8) is 0 Å². The molecule has 0 aromatic rings. The van der Waals surface area contributed by atoms with Gasteiger partial charge in [-0.05, 0) is 116 Å². The molecule has 0 fully saturated rings. The second-order valence-corrected chi connectivity index (χ2v) is 17.5. The van der Waals surface area contributed by atoms with Crippen LogP contribution in [0, 0.1) is 0 Å². The molecule has 0 aromatic heterocycles. The topological polar surface area (TPSA) is 78.9 Å². The van der Waals surface area contributed by atoms with Crippen LogP contribution in [0.1, 0.15) is 213 Å². The van der Waals surface area contributed by atoms with Crippen LogP contribution in [0.3, 0.4) is 0 Å². The van der Waals surface area contributed by atoms with E-state index >= 15 is 0 Å². The average molecular weight is 951 g/mol. The number of esters is 3. The molecule has 0 bridgehead atoms. The highest BCUT2D eigenvalue weighted by atomic mass is 16.6. The van der Waals surface area contributed by atoms with Crippen LogP contribution in [0.25, 0.3) is 0 Å². The predicted octanol–water partition coefficient (Wildman–Crippen LogP) is 18.4. The first kappa shape index (κ1) is 64.3. The van der Waals surface area contributed by atoms with Crippen molar-refractivity contribution in [2.45, 2.75) is 219 Å². The first-order chi connectivity index (χ1) is 34.0. The molecule has 6 heteroatoms. The van der Waals surface area contributed by atoms with Crippen molar-refractivity contribution in [3.05, 3.63) is 146 Å². The monoisotopic (exact) mass is 951 g/mol. The van der Waals surface area contributed by atoms with Gasteiger partial charge in [0.25, 0.3) is 0 Å².